The van der Waals surface area contributed by atoms with Crippen LogP contribution in [0.2, 0.25) is 0 Å². The Balaban J connectivity index is 1.87. The fraction of sp³-hybridized carbons (Fsp3) is 0.708. The highest BCUT2D eigenvalue weighted by molar-refractivity contribution is 5.30. The van der Waals surface area contributed by atoms with E-state index in [1.807, 2.05) is 0 Å². The lowest BCUT2D eigenvalue weighted by Gasteiger charge is -2.29. The first-order valence-corrected chi connectivity index (χ1v) is 10.7. The topological polar surface area (TPSA) is 23.8 Å². The molecule has 1 nitrogen and oxygen atoms in total. The third kappa shape index (κ3) is 6.18. The SMILES string of the molecule is CCCCCC1CCC(c2ccc(C(C#N)CC(C)CC)cc2)CC1. The molecular formula is C24H37N. The van der Waals surface area contributed by atoms with Gasteiger partial charge in [0.25, 0.3) is 0 Å². The molecule has 1 aromatic rings. The van der Waals surface area contributed by atoms with Gasteiger partial charge in [-0.2, -0.15) is 5.26 Å². The Hall–Kier alpha value is -1.29. The molecule has 0 N–H and O–H groups in total. The number of hydrogen-bond acceptors (Lipinski definition) is 1. The van der Waals surface area contributed by atoms with Crippen molar-refractivity contribution in [1.29, 1.82) is 5.26 Å². The molecule has 0 spiro atoms. The minimum absolute atomic E-state index is 0.0540. The molecule has 1 aliphatic carbocycles. The summed E-state index contributed by atoms with van der Waals surface area (Å²) in [6.07, 6.45) is 13.3. The van der Waals surface area contributed by atoms with Crippen LogP contribution in [0.1, 0.15) is 108 Å². The lowest BCUT2D eigenvalue weighted by atomic mass is 9.76. The van der Waals surface area contributed by atoms with Gasteiger partial charge in [-0.1, -0.05) is 77.1 Å². The fourth-order valence-corrected chi connectivity index (χ4v) is 4.30. The van der Waals surface area contributed by atoms with Crippen molar-refractivity contribution in [2.45, 2.75) is 96.8 Å². The molecule has 1 saturated carbocycles. The first-order chi connectivity index (χ1) is 12.2. The Morgan fingerprint density at radius 2 is 1.72 bits per heavy atom. The van der Waals surface area contributed by atoms with E-state index in [-0.39, 0.29) is 5.92 Å². The fourth-order valence-electron chi connectivity index (χ4n) is 4.30. The van der Waals surface area contributed by atoms with Crippen molar-refractivity contribution >= 4 is 0 Å². The Kier molecular flexibility index (Phi) is 8.53. The summed E-state index contributed by atoms with van der Waals surface area (Å²) in [6, 6.07) is 11.6. The van der Waals surface area contributed by atoms with Crippen LogP contribution < -0.4 is 0 Å². The standard InChI is InChI=1S/C24H37N/c1-4-6-7-8-20-9-11-21(12-10-20)22-13-15-23(16-14-22)24(18-25)17-19(3)5-2/h13-16,19-21,24H,4-12,17H2,1-3H3. The van der Waals surface area contributed by atoms with Gasteiger partial charge in [-0.15, -0.1) is 0 Å². The number of hydrogen-bond donors (Lipinski definition) is 0. The van der Waals surface area contributed by atoms with Crippen LogP contribution in [0, 0.1) is 23.2 Å². The molecule has 0 heterocycles. The third-order valence-electron chi connectivity index (χ3n) is 6.36. The molecule has 1 fully saturated rings. The summed E-state index contributed by atoms with van der Waals surface area (Å²) < 4.78 is 0. The first-order valence-electron chi connectivity index (χ1n) is 10.7. The van der Waals surface area contributed by atoms with Crippen molar-refractivity contribution < 1.29 is 0 Å². The quantitative estimate of drug-likeness (QED) is 0.425. The molecule has 0 amide bonds. The maximum Gasteiger partial charge on any atom is 0.0715 e. The summed E-state index contributed by atoms with van der Waals surface area (Å²) in [4.78, 5) is 0. The van der Waals surface area contributed by atoms with Crippen LogP contribution in [0.4, 0.5) is 0 Å². The van der Waals surface area contributed by atoms with Crippen LogP contribution in [0.5, 0.6) is 0 Å². The minimum atomic E-state index is 0.0540. The second-order valence-electron chi connectivity index (χ2n) is 8.31. The lowest BCUT2D eigenvalue weighted by molar-refractivity contribution is 0.303. The summed E-state index contributed by atoms with van der Waals surface area (Å²) in [6.45, 7) is 6.75. The van der Waals surface area contributed by atoms with Crippen molar-refractivity contribution in [1.82, 2.24) is 0 Å². The van der Waals surface area contributed by atoms with E-state index in [2.05, 4.69) is 51.1 Å². The van der Waals surface area contributed by atoms with Crippen molar-refractivity contribution in [3.63, 3.8) is 0 Å². The monoisotopic (exact) mass is 339 g/mol. The highest BCUT2D eigenvalue weighted by Crippen LogP contribution is 2.38. The Bertz CT molecular complexity index is 516. The largest absolute Gasteiger partial charge is 0.198 e. The van der Waals surface area contributed by atoms with Crippen molar-refractivity contribution in [3.05, 3.63) is 35.4 Å². The van der Waals surface area contributed by atoms with Crippen molar-refractivity contribution in [2.24, 2.45) is 11.8 Å². The number of nitriles is 1. The molecule has 2 unspecified atom stereocenters. The minimum Gasteiger partial charge on any atom is -0.198 e. The number of benzene rings is 1. The van der Waals surface area contributed by atoms with Gasteiger partial charge in [-0.05, 0) is 61.0 Å². The smallest absolute Gasteiger partial charge is 0.0715 e. The predicted molar refractivity (Wildman–Crippen MR) is 108 cm³/mol. The molecular weight excluding hydrogens is 302 g/mol. The van der Waals surface area contributed by atoms with Crippen molar-refractivity contribution in [2.75, 3.05) is 0 Å². The van der Waals surface area contributed by atoms with Gasteiger partial charge in [0.15, 0.2) is 0 Å². The molecule has 138 valence electrons. The molecule has 0 saturated heterocycles. The zero-order chi connectivity index (χ0) is 18.1. The summed E-state index contributed by atoms with van der Waals surface area (Å²) in [5.74, 6) is 2.39. The average Bonchev–Trinajstić information content (AvgIpc) is 2.67. The van der Waals surface area contributed by atoms with Gasteiger partial charge in [-0.3, -0.25) is 0 Å². The Labute approximate surface area is 155 Å². The lowest BCUT2D eigenvalue weighted by Crippen LogP contribution is -2.13. The second kappa shape index (κ2) is 10.6. The van der Waals surface area contributed by atoms with E-state index in [4.69, 9.17) is 0 Å². The molecule has 1 aliphatic rings. The second-order valence-corrected chi connectivity index (χ2v) is 8.31. The normalized spacial score (nSPS) is 23.0. The maximum absolute atomic E-state index is 9.51. The summed E-state index contributed by atoms with van der Waals surface area (Å²) in [5.41, 5.74) is 2.70. The van der Waals surface area contributed by atoms with E-state index < -0.39 is 0 Å². The molecule has 0 aliphatic heterocycles. The van der Waals surface area contributed by atoms with Gasteiger partial charge < -0.3 is 0 Å². The van der Waals surface area contributed by atoms with Crippen LogP contribution in [-0.4, -0.2) is 0 Å². The molecule has 0 radical (unpaired) electrons. The number of unbranched alkanes of at least 4 members (excludes halogenated alkanes) is 2. The van der Waals surface area contributed by atoms with Gasteiger partial charge in [0.1, 0.15) is 0 Å². The van der Waals surface area contributed by atoms with E-state index in [1.54, 1.807) is 0 Å². The van der Waals surface area contributed by atoms with Crippen LogP contribution in [0.3, 0.4) is 0 Å². The zero-order valence-corrected chi connectivity index (χ0v) is 16.6. The molecule has 2 rings (SSSR count). The van der Waals surface area contributed by atoms with E-state index in [0.29, 0.717) is 5.92 Å². The molecule has 1 aromatic carbocycles. The maximum atomic E-state index is 9.51. The molecule has 0 aromatic heterocycles. The van der Waals surface area contributed by atoms with Crippen LogP contribution in [-0.2, 0) is 0 Å². The van der Waals surface area contributed by atoms with Gasteiger partial charge in [0.05, 0.1) is 12.0 Å². The van der Waals surface area contributed by atoms with Crippen LogP contribution in [0.15, 0.2) is 24.3 Å². The van der Waals surface area contributed by atoms with Crippen molar-refractivity contribution in [3.8, 4) is 6.07 Å². The average molecular weight is 340 g/mol. The first kappa shape index (κ1) is 20.0. The Morgan fingerprint density at radius 1 is 1.04 bits per heavy atom. The van der Waals surface area contributed by atoms with Gasteiger partial charge in [0.2, 0.25) is 0 Å². The van der Waals surface area contributed by atoms with Gasteiger partial charge >= 0.3 is 0 Å². The molecule has 0 bridgehead atoms. The van der Waals surface area contributed by atoms with E-state index in [0.717, 1.165) is 24.7 Å². The number of rotatable bonds is 9. The van der Waals surface area contributed by atoms with Crippen LogP contribution >= 0.6 is 0 Å². The summed E-state index contributed by atoms with van der Waals surface area (Å²) in [5, 5.41) is 9.51. The van der Waals surface area contributed by atoms with Crippen LogP contribution in [0.25, 0.3) is 0 Å². The summed E-state index contributed by atoms with van der Waals surface area (Å²) >= 11 is 0. The highest BCUT2D eigenvalue weighted by atomic mass is 14.3. The van der Waals surface area contributed by atoms with E-state index in [1.165, 1.54) is 62.5 Å². The van der Waals surface area contributed by atoms with Gasteiger partial charge in [-0.25, -0.2) is 0 Å². The van der Waals surface area contributed by atoms with E-state index in [9.17, 15) is 5.26 Å². The molecule has 25 heavy (non-hydrogen) atoms. The van der Waals surface area contributed by atoms with Gasteiger partial charge in [0, 0.05) is 0 Å². The summed E-state index contributed by atoms with van der Waals surface area (Å²) in [7, 11) is 0. The Morgan fingerprint density at radius 3 is 2.28 bits per heavy atom. The highest BCUT2D eigenvalue weighted by Gasteiger charge is 2.22. The third-order valence-corrected chi connectivity index (χ3v) is 6.36. The predicted octanol–water partition coefficient (Wildman–Crippen LogP) is 7.58. The zero-order valence-electron chi connectivity index (χ0n) is 16.6. The molecule has 1 heteroatoms. The number of nitrogens with zero attached hydrogens (tertiary/aromatic N) is 1. The molecule has 2 atom stereocenters. The van der Waals surface area contributed by atoms with E-state index >= 15 is 0 Å².